The molecule has 0 bridgehead atoms. The smallest absolute Gasteiger partial charge is 0.272 e. The van der Waals surface area contributed by atoms with Crippen LogP contribution < -0.4 is 4.74 Å². The van der Waals surface area contributed by atoms with Crippen LogP contribution in [-0.2, 0) is 0 Å². The number of rotatable bonds is 3. The molecule has 0 aliphatic heterocycles. The summed E-state index contributed by atoms with van der Waals surface area (Å²) < 4.78 is 41.5. The molecule has 1 aromatic rings. The van der Waals surface area contributed by atoms with Crippen LogP contribution in [0.15, 0.2) is 18.2 Å². The minimum absolute atomic E-state index is 0.108. The molecule has 0 aliphatic rings. The highest BCUT2D eigenvalue weighted by atomic mass is 127. The highest BCUT2D eigenvalue weighted by Gasteiger charge is 2.10. The van der Waals surface area contributed by atoms with Gasteiger partial charge in [-0.1, -0.05) is 6.07 Å². The first-order valence-electron chi connectivity index (χ1n) is 3.46. The lowest BCUT2D eigenvalue weighted by molar-refractivity contribution is 0.0794. The average molecular weight is 302 g/mol. The van der Waals surface area contributed by atoms with E-state index in [9.17, 15) is 13.2 Å². The van der Waals surface area contributed by atoms with Crippen LogP contribution in [-0.4, -0.2) is 13.0 Å². The van der Waals surface area contributed by atoms with Gasteiger partial charge in [0.1, 0.15) is 6.61 Å². The van der Waals surface area contributed by atoms with E-state index in [4.69, 9.17) is 0 Å². The Morgan fingerprint density at radius 2 is 2.08 bits per heavy atom. The van der Waals surface area contributed by atoms with Crippen LogP contribution in [0, 0.1) is 9.39 Å². The van der Waals surface area contributed by atoms with Crippen molar-refractivity contribution >= 4 is 22.6 Å². The van der Waals surface area contributed by atoms with Crippen molar-refractivity contribution in [2.24, 2.45) is 0 Å². The highest BCUT2D eigenvalue weighted by Crippen LogP contribution is 2.24. The topological polar surface area (TPSA) is 9.23 Å². The lowest BCUT2D eigenvalue weighted by atomic mass is 10.3. The molecule has 0 N–H and O–H groups in total. The standard InChI is InChI=1S/C8H6F3IO/c9-5-2-1-3-6(12)8(5)13-4-7(10)11/h1-3,7H,4H2. The Hall–Kier alpha value is -0.460. The third-order valence-corrected chi connectivity index (χ3v) is 2.12. The number of benzene rings is 1. The monoisotopic (exact) mass is 302 g/mol. The molecule has 0 unspecified atom stereocenters. The molecule has 0 atom stereocenters. The van der Waals surface area contributed by atoms with E-state index >= 15 is 0 Å². The number of ether oxygens (including phenoxy) is 1. The molecule has 1 rings (SSSR count). The molecule has 1 aromatic carbocycles. The maximum atomic E-state index is 12.9. The van der Waals surface area contributed by atoms with Crippen LogP contribution in [0.2, 0.25) is 0 Å². The fraction of sp³-hybridized carbons (Fsp3) is 0.250. The third kappa shape index (κ3) is 3.06. The Labute approximate surface area is 87.0 Å². The minimum Gasteiger partial charge on any atom is -0.483 e. The van der Waals surface area contributed by atoms with Crippen molar-refractivity contribution in [3.05, 3.63) is 27.6 Å². The van der Waals surface area contributed by atoms with E-state index in [-0.39, 0.29) is 5.75 Å². The van der Waals surface area contributed by atoms with Crippen LogP contribution >= 0.6 is 22.6 Å². The van der Waals surface area contributed by atoms with Crippen LogP contribution in [0.1, 0.15) is 0 Å². The summed E-state index contributed by atoms with van der Waals surface area (Å²) in [6.45, 7) is -0.781. The van der Waals surface area contributed by atoms with Crippen molar-refractivity contribution in [3.8, 4) is 5.75 Å². The van der Waals surface area contributed by atoms with Gasteiger partial charge in [0.25, 0.3) is 6.43 Å². The second-order valence-corrected chi connectivity index (χ2v) is 3.42. The lowest BCUT2D eigenvalue weighted by Crippen LogP contribution is -2.08. The molecule has 0 saturated heterocycles. The van der Waals surface area contributed by atoms with E-state index in [2.05, 4.69) is 4.74 Å². The van der Waals surface area contributed by atoms with Crippen LogP contribution in [0.4, 0.5) is 13.2 Å². The maximum absolute atomic E-state index is 12.9. The fourth-order valence-electron chi connectivity index (χ4n) is 0.767. The molecule has 0 fully saturated rings. The van der Waals surface area contributed by atoms with E-state index < -0.39 is 18.8 Å². The summed E-state index contributed by atoms with van der Waals surface area (Å²) in [4.78, 5) is 0. The SMILES string of the molecule is Fc1cccc(I)c1OCC(F)F. The number of halogens is 4. The number of hydrogen-bond donors (Lipinski definition) is 0. The quantitative estimate of drug-likeness (QED) is 0.780. The second-order valence-electron chi connectivity index (χ2n) is 2.25. The molecule has 13 heavy (non-hydrogen) atoms. The summed E-state index contributed by atoms with van der Waals surface area (Å²) in [7, 11) is 0. The van der Waals surface area contributed by atoms with Crippen molar-refractivity contribution in [2.75, 3.05) is 6.61 Å². The summed E-state index contributed by atoms with van der Waals surface area (Å²) in [5.41, 5.74) is 0. The third-order valence-electron chi connectivity index (χ3n) is 1.27. The summed E-state index contributed by atoms with van der Waals surface area (Å²) in [6.07, 6.45) is -2.59. The van der Waals surface area contributed by atoms with E-state index in [1.807, 2.05) is 22.6 Å². The molecule has 0 radical (unpaired) electrons. The predicted molar refractivity (Wildman–Crippen MR) is 50.6 cm³/mol. The van der Waals surface area contributed by atoms with Gasteiger partial charge in [-0.15, -0.1) is 0 Å². The van der Waals surface area contributed by atoms with Gasteiger partial charge in [0.2, 0.25) is 0 Å². The first kappa shape index (κ1) is 10.6. The highest BCUT2D eigenvalue weighted by molar-refractivity contribution is 14.1. The van der Waals surface area contributed by atoms with Gasteiger partial charge in [-0.2, -0.15) is 0 Å². The lowest BCUT2D eigenvalue weighted by Gasteiger charge is -2.07. The molecular weight excluding hydrogens is 296 g/mol. The zero-order valence-corrected chi connectivity index (χ0v) is 8.59. The number of para-hydroxylation sites is 1. The molecule has 1 nitrogen and oxygen atoms in total. The van der Waals surface area contributed by atoms with Crippen molar-refractivity contribution in [3.63, 3.8) is 0 Å². The zero-order chi connectivity index (χ0) is 9.84. The van der Waals surface area contributed by atoms with E-state index in [0.29, 0.717) is 3.57 Å². The van der Waals surface area contributed by atoms with E-state index in [1.54, 1.807) is 6.07 Å². The molecule has 0 amide bonds. The Kier molecular flexibility index (Phi) is 3.83. The second kappa shape index (κ2) is 4.69. The van der Waals surface area contributed by atoms with Gasteiger partial charge in [-0.05, 0) is 34.7 Å². The van der Waals surface area contributed by atoms with Gasteiger partial charge in [-0.3, -0.25) is 0 Å². The molecule has 0 saturated carbocycles. The fourth-order valence-corrected chi connectivity index (χ4v) is 1.39. The molecule has 0 aliphatic carbocycles. The van der Waals surface area contributed by atoms with Gasteiger partial charge in [0, 0.05) is 0 Å². The van der Waals surface area contributed by atoms with Crippen molar-refractivity contribution < 1.29 is 17.9 Å². The predicted octanol–water partition coefficient (Wildman–Crippen LogP) is 3.07. The van der Waals surface area contributed by atoms with Crippen LogP contribution in [0.3, 0.4) is 0 Å². The molecule has 0 spiro atoms. The average Bonchev–Trinajstić information content (AvgIpc) is 2.03. The number of hydrogen-bond acceptors (Lipinski definition) is 1. The van der Waals surface area contributed by atoms with Crippen molar-refractivity contribution in [1.29, 1.82) is 0 Å². The zero-order valence-electron chi connectivity index (χ0n) is 6.44. The molecule has 0 heterocycles. The molecule has 0 aromatic heterocycles. The Morgan fingerprint density at radius 3 is 2.62 bits per heavy atom. The summed E-state index contributed by atoms with van der Waals surface area (Å²) in [5, 5.41) is 0. The minimum atomic E-state index is -2.59. The van der Waals surface area contributed by atoms with Gasteiger partial charge in [-0.25, -0.2) is 13.2 Å². The Morgan fingerprint density at radius 1 is 1.38 bits per heavy atom. The maximum Gasteiger partial charge on any atom is 0.272 e. The molecule has 72 valence electrons. The van der Waals surface area contributed by atoms with Crippen molar-refractivity contribution in [1.82, 2.24) is 0 Å². The van der Waals surface area contributed by atoms with E-state index in [1.165, 1.54) is 12.1 Å². The Bertz CT molecular complexity index is 270. The first-order valence-corrected chi connectivity index (χ1v) is 4.54. The normalized spacial score (nSPS) is 10.5. The largest absolute Gasteiger partial charge is 0.483 e. The van der Waals surface area contributed by atoms with Gasteiger partial charge in [0.05, 0.1) is 3.57 Å². The summed E-state index contributed by atoms with van der Waals surface area (Å²) >= 11 is 1.82. The van der Waals surface area contributed by atoms with E-state index in [0.717, 1.165) is 0 Å². The summed E-state index contributed by atoms with van der Waals surface area (Å²) in [5.74, 6) is -0.726. The Balaban J connectivity index is 2.75. The van der Waals surface area contributed by atoms with Gasteiger partial charge >= 0.3 is 0 Å². The number of alkyl halides is 2. The van der Waals surface area contributed by atoms with Crippen molar-refractivity contribution in [2.45, 2.75) is 6.43 Å². The van der Waals surface area contributed by atoms with Crippen LogP contribution in [0.25, 0.3) is 0 Å². The van der Waals surface area contributed by atoms with Gasteiger partial charge < -0.3 is 4.74 Å². The molecular formula is C8H6F3IO. The first-order chi connectivity index (χ1) is 6.11. The van der Waals surface area contributed by atoms with Crippen LogP contribution in [0.5, 0.6) is 5.75 Å². The van der Waals surface area contributed by atoms with Gasteiger partial charge in [0.15, 0.2) is 11.6 Å². The summed E-state index contributed by atoms with van der Waals surface area (Å²) in [6, 6.07) is 4.25. The molecule has 5 heteroatoms.